The van der Waals surface area contributed by atoms with E-state index in [4.69, 9.17) is 0 Å². The molecule has 3 amide bonds. The van der Waals surface area contributed by atoms with E-state index >= 15 is 0 Å². The van der Waals surface area contributed by atoms with Gasteiger partial charge in [0.1, 0.15) is 0 Å². The smallest absolute Gasteiger partial charge is 0.316 e. The number of urea groups is 1. The van der Waals surface area contributed by atoms with E-state index in [0.29, 0.717) is 6.42 Å². The molecule has 111 valence electrons. The number of piperidine rings is 1. The number of hydrogen-bond acceptors (Lipinski definition) is 3. The van der Waals surface area contributed by atoms with E-state index in [1.165, 1.54) is 5.56 Å². The van der Waals surface area contributed by atoms with Gasteiger partial charge in [0, 0.05) is 32.1 Å². The minimum absolute atomic E-state index is 0.210. The van der Waals surface area contributed by atoms with E-state index in [9.17, 15) is 9.59 Å². The van der Waals surface area contributed by atoms with E-state index in [1.54, 1.807) is 11.4 Å². The van der Waals surface area contributed by atoms with Gasteiger partial charge in [0.15, 0.2) is 0 Å². The number of likely N-dealkylation sites (tertiary alicyclic amines) is 1. The van der Waals surface area contributed by atoms with Crippen molar-refractivity contribution < 1.29 is 9.59 Å². The van der Waals surface area contributed by atoms with Gasteiger partial charge in [-0.05, 0) is 18.4 Å². The maximum atomic E-state index is 11.8. The minimum Gasteiger partial charge on any atom is -0.316 e. The SMILES string of the molecule is O=C1C[CH]N(C2CCN(Cc3ccccc3)CC2)C(=O)N1. The second-order valence-corrected chi connectivity index (χ2v) is 5.64. The molecule has 2 aliphatic rings. The van der Waals surface area contributed by atoms with E-state index in [1.807, 2.05) is 6.07 Å². The van der Waals surface area contributed by atoms with Gasteiger partial charge in [-0.15, -0.1) is 0 Å². The second-order valence-electron chi connectivity index (χ2n) is 5.64. The fraction of sp³-hybridized carbons (Fsp3) is 0.438. The average molecular weight is 286 g/mol. The van der Waals surface area contributed by atoms with Crippen molar-refractivity contribution in [2.75, 3.05) is 13.1 Å². The van der Waals surface area contributed by atoms with Gasteiger partial charge in [0.25, 0.3) is 0 Å². The van der Waals surface area contributed by atoms with Crippen LogP contribution in [0.4, 0.5) is 4.79 Å². The van der Waals surface area contributed by atoms with Gasteiger partial charge in [0.2, 0.25) is 5.91 Å². The largest absolute Gasteiger partial charge is 0.324 e. The molecular formula is C16H20N3O2. The summed E-state index contributed by atoms with van der Waals surface area (Å²) in [7, 11) is 0. The van der Waals surface area contributed by atoms with E-state index in [2.05, 4.69) is 34.5 Å². The summed E-state index contributed by atoms with van der Waals surface area (Å²) in [5.74, 6) is -0.210. The Labute approximate surface area is 124 Å². The monoisotopic (exact) mass is 286 g/mol. The quantitative estimate of drug-likeness (QED) is 0.921. The van der Waals surface area contributed by atoms with Gasteiger partial charge in [-0.1, -0.05) is 30.3 Å². The highest BCUT2D eigenvalue weighted by atomic mass is 16.2. The molecule has 2 aliphatic heterocycles. The molecule has 5 heteroatoms. The predicted molar refractivity (Wildman–Crippen MR) is 79.0 cm³/mol. The summed E-state index contributed by atoms with van der Waals surface area (Å²) in [6, 6.07) is 10.4. The molecule has 0 atom stereocenters. The standard InChI is InChI=1S/C16H20N3O2/c20-15-8-11-19(16(21)17-15)14-6-9-18(10-7-14)12-13-4-2-1-3-5-13/h1-5,11,14H,6-10,12H2,(H,17,20,21). The van der Waals surface area contributed by atoms with E-state index in [0.717, 1.165) is 32.5 Å². The van der Waals surface area contributed by atoms with Gasteiger partial charge < -0.3 is 4.90 Å². The van der Waals surface area contributed by atoms with Crippen LogP contribution in [0, 0.1) is 6.54 Å². The topological polar surface area (TPSA) is 52.7 Å². The van der Waals surface area contributed by atoms with Crippen molar-refractivity contribution in [3.8, 4) is 0 Å². The molecule has 2 heterocycles. The van der Waals surface area contributed by atoms with Crippen LogP contribution in [0.3, 0.4) is 0 Å². The highest BCUT2D eigenvalue weighted by molar-refractivity contribution is 5.97. The maximum absolute atomic E-state index is 11.8. The first-order chi connectivity index (χ1) is 10.2. The van der Waals surface area contributed by atoms with Gasteiger partial charge in [-0.3, -0.25) is 15.0 Å². The second kappa shape index (κ2) is 6.26. The van der Waals surface area contributed by atoms with Crippen LogP contribution in [-0.4, -0.2) is 40.9 Å². The highest BCUT2D eigenvalue weighted by Gasteiger charge is 2.31. The van der Waals surface area contributed by atoms with E-state index < -0.39 is 0 Å². The third-order valence-corrected chi connectivity index (χ3v) is 4.15. The van der Waals surface area contributed by atoms with Crippen molar-refractivity contribution in [1.82, 2.24) is 15.1 Å². The fourth-order valence-electron chi connectivity index (χ4n) is 3.01. The molecule has 0 spiro atoms. The number of amides is 3. The van der Waals surface area contributed by atoms with E-state index in [-0.39, 0.29) is 18.0 Å². The molecule has 2 saturated heterocycles. The molecule has 0 saturated carbocycles. The van der Waals surface area contributed by atoms with Crippen LogP contribution in [-0.2, 0) is 11.3 Å². The summed E-state index contributed by atoms with van der Waals surface area (Å²) in [6.07, 6.45) is 2.20. The number of imide groups is 1. The lowest BCUT2D eigenvalue weighted by molar-refractivity contribution is -0.120. The predicted octanol–water partition coefficient (Wildman–Crippen LogP) is 1.75. The van der Waals surface area contributed by atoms with Crippen LogP contribution in [0.1, 0.15) is 24.8 Å². The van der Waals surface area contributed by atoms with Crippen LogP contribution in [0.5, 0.6) is 0 Å². The molecule has 1 radical (unpaired) electrons. The molecule has 1 aromatic carbocycles. The molecular weight excluding hydrogens is 266 g/mol. The van der Waals surface area contributed by atoms with Crippen molar-refractivity contribution >= 4 is 11.9 Å². The number of hydrogen-bond donors (Lipinski definition) is 1. The molecule has 1 aromatic rings. The Morgan fingerprint density at radius 1 is 1.10 bits per heavy atom. The van der Waals surface area contributed by atoms with Crippen molar-refractivity contribution in [2.45, 2.75) is 31.8 Å². The Morgan fingerprint density at radius 3 is 2.48 bits per heavy atom. The lowest BCUT2D eigenvalue weighted by Crippen LogP contribution is -2.53. The molecule has 1 N–H and O–H groups in total. The maximum Gasteiger partial charge on any atom is 0.324 e. The normalized spacial score (nSPS) is 21.4. The Bertz CT molecular complexity index is 510. The third kappa shape index (κ3) is 3.42. The Balaban J connectivity index is 1.51. The number of rotatable bonds is 3. The fourth-order valence-corrected chi connectivity index (χ4v) is 3.01. The summed E-state index contributed by atoms with van der Waals surface area (Å²) in [5.41, 5.74) is 1.32. The number of carbonyl (C=O) groups excluding carboxylic acids is 2. The van der Waals surface area contributed by atoms with Crippen molar-refractivity contribution in [3.63, 3.8) is 0 Å². The summed E-state index contributed by atoms with van der Waals surface area (Å²) < 4.78 is 0. The highest BCUT2D eigenvalue weighted by Crippen LogP contribution is 2.21. The molecule has 3 rings (SSSR count). The van der Waals surface area contributed by atoms with Crippen LogP contribution in [0.25, 0.3) is 0 Å². The summed E-state index contributed by atoms with van der Waals surface area (Å²) in [4.78, 5) is 27.1. The van der Waals surface area contributed by atoms with Crippen molar-refractivity contribution in [2.24, 2.45) is 0 Å². The molecule has 21 heavy (non-hydrogen) atoms. The van der Waals surface area contributed by atoms with Gasteiger partial charge in [-0.25, -0.2) is 4.79 Å². The Hall–Kier alpha value is -1.88. The van der Waals surface area contributed by atoms with Crippen LogP contribution < -0.4 is 5.32 Å². The zero-order valence-corrected chi connectivity index (χ0v) is 12.0. The van der Waals surface area contributed by atoms with Gasteiger partial charge in [-0.2, -0.15) is 0 Å². The van der Waals surface area contributed by atoms with Crippen LogP contribution >= 0.6 is 0 Å². The van der Waals surface area contributed by atoms with Crippen LogP contribution in [0.15, 0.2) is 30.3 Å². The number of benzene rings is 1. The first kappa shape index (κ1) is 14.1. The zero-order valence-electron chi connectivity index (χ0n) is 12.0. The molecule has 2 fully saturated rings. The molecule has 0 aliphatic carbocycles. The van der Waals surface area contributed by atoms with Crippen LogP contribution in [0.2, 0.25) is 0 Å². The minimum atomic E-state index is -0.271. The average Bonchev–Trinajstić information content (AvgIpc) is 2.49. The summed E-state index contributed by atoms with van der Waals surface area (Å²) in [6.45, 7) is 4.65. The first-order valence-corrected chi connectivity index (χ1v) is 7.44. The zero-order chi connectivity index (χ0) is 14.7. The van der Waals surface area contributed by atoms with Crippen molar-refractivity contribution in [1.29, 1.82) is 0 Å². The van der Waals surface area contributed by atoms with Gasteiger partial charge in [0.05, 0.1) is 6.54 Å². The lowest BCUT2D eigenvalue weighted by atomic mass is 10.0. The summed E-state index contributed by atoms with van der Waals surface area (Å²) in [5, 5.41) is 2.38. The molecule has 0 unspecified atom stereocenters. The number of nitrogens with zero attached hydrogens (tertiary/aromatic N) is 2. The number of nitrogens with one attached hydrogen (secondary N) is 1. The molecule has 5 nitrogen and oxygen atoms in total. The lowest BCUT2D eigenvalue weighted by Gasteiger charge is -2.39. The third-order valence-electron chi connectivity index (χ3n) is 4.15. The van der Waals surface area contributed by atoms with Gasteiger partial charge >= 0.3 is 6.03 Å². The Kier molecular flexibility index (Phi) is 4.20. The number of carbonyl (C=O) groups is 2. The van der Waals surface area contributed by atoms with Crippen molar-refractivity contribution in [3.05, 3.63) is 42.4 Å². The molecule has 0 bridgehead atoms. The molecule has 0 aromatic heterocycles. The Morgan fingerprint density at radius 2 is 1.81 bits per heavy atom. The summed E-state index contributed by atoms with van der Waals surface area (Å²) >= 11 is 0. The first-order valence-electron chi connectivity index (χ1n) is 7.44.